The van der Waals surface area contributed by atoms with Crippen LogP contribution in [0.5, 0.6) is 0 Å². The summed E-state index contributed by atoms with van der Waals surface area (Å²) in [4.78, 5) is 0. The van der Waals surface area contributed by atoms with E-state index in [1.807, 2.05) is 12.1 Å². The van der Waals surface area contributed by atoms with Crippen molar-refractivity contribution < 1.29 is 4.52 Å². The van der Waals surface area contributed by atoms with E-state index >= 15 is 0 Å². The van der Waals surface area contributed by atoms with Gasteiger partial charge in [-0.2, -0.15) is 0 Å². The average Bonchev–Trinajstić information content (AvgIpc) is 3.02. The molecule has 0 unspecified atom stereocenters. The molecule has 0 amide bonds. The van der Waals surface area contributed by atoms with E-state index in [1.54, 1.807) is 0 Å². The lowest BCUT2D eigenvalue weighted by molar-refractivity contribution is 0.432. The Morgan fingerprint density at radius 3 is 2.47 bits per heavy atom. The summed E-state index contributed by atoms with van der Waals surface area (Å²) in [5.41, 5.74) is 8.73. The van der Waals surface area contributed by atoms with Gasteiger partial charge in [0.2, 0.25) is 0 Å². The molecule has 2 N–H and O–H groups in total. The van der Waals surface area contributed by atoms with Crippen LogP contribution in [0.3, 0.4) is 0 Å². The zero-order valence-electron chi connectivity index (χ0n) is 8.31. The normalized spacial score (nSPS) is 15.5. The quantitative estimate of drug-likeness (QED) is 0.810. The Bertz CT molecular complexity index is 469. The molecule has 0 atom stereocenters. The van der Waals surface area contributed by atoms with E-state index in [0.29, 0.717) is 11.4 Å². The van der Waals surface area contributed by atoms with E-state index < -0.39 is 0 Å². The third-order valence-electron chi connectivity index (χ3n) is 2.82. The van der Waals surface area contributed by atoms with Crippen molar-refractivity contribution in [3.05, 3.63) is 36.0 Å². The Morgan fingerprint density at radius 1 is 1.20 bits per heavy atom. The van der Waals surface area contributed by atoms with Crippen molar-refractivity contribution in [3.63, 3.8) is 0 Å². The van der Waals surface area contributed by atoms with Crippen molar-refractivity contribution in [1.29, 1.82) is 0 Å². The summed E-state index contributed by atoms with van der Waals surface area (Å²) in [5.74, 6) is 1.45. The van der Waals surface area contributed by atoms with Crippen molar-refractivity contribution in [1.82, 2.24) is 5.16 Å². The number of nitrogens with zero attached hydrogens (tertiary/aromatic N) is 1. The highest BCUT2D eigenvalue weighted by Crippen LogP contribution is 2.40. The van der Waals surface area contributed by atoms with E-state index in [4.69, 9.17) is 10.3 Å². The molecule has 0 bridgehead atoms. The van der Waals surface area contributed by atoms with Crippen LogP contribution in [0.25, 0.3) is 11.3 Å². The number of nitrogens with two attached hydrogens (primary N) is 1. The molecular formula is C12H12N2O. The lowest BCUT2D eigenvalue weighted by Gasteiger charge is -2.00. The number of anilines is 1. The molecule has 3 heteroatoms. The summed E-state index contributed by atoms with van der Waals surface area (Å²) in [5, 5.41) is 3.67. The van der Waals surface area contributed by atoms with Crippen LogP contribution < -0.4 is 5.73 Å². The van der Waals surface area contributed by atoms with E-state index in [2.05, 4.69) is 17.3 Å². The molecule has 1 heterocycles. The molecule has 3 nitrogen and oxygen atoms in total. The number of aromatic nitrogens is 1. The molecule has 1 aromatic heterocycles. The molecule has 0 spiro atoms. The lowest BCUT2D eigenvalue weighted by Crippen LogP contribution is -1.85. The van der Waals surface area contributed by atoms with Gasteiger partial charge in [-0.25, -0.2) is 0 Å². The van der Waals surface area contributed by atoms with Crippen LogP contribution in [-0.2, 0) is 0 Å². The van der Waals surface area contributed by atoms with Crippen LogP contribution >= 0.6 is 0 Å². The van der Waals surface area contributed by atoms with Gasteiger partial charge < -0.3 is 10.3 Å². The van der Waals surface area contributed by atoms with Crippen LogP contribution in [-0.4, -0.2) is 5.16 Å². The Balaban J connectivity index is 1.96. The first-order valence-electron chi connectivity index (χ1n) is 5.15. The van der Waals surface area contributed by atoms with Crippen LogP contribution in [0.1, 0.15) is 24.3 Å². The Labute approximate surface area is 87.9 Å². The van der Waals surface area contributed by atoms with Gasteiger partial charge in [0.15, 0.2) is 5.76 Å². The molecule has 1 fully saturated rings. The highest BCUT2D eigenvalue weighted by atomic mass is 16.5. The van der Waals surface area contributed by atoms with Gasteiger partial charge >= 0.3 is 0 Å². The Hall–Kier alpha value is -1.77. The topological polar surface area (TPSA) is 52.0 Å². The maximum absolute atomic E-state index is 5.73. The molecule has 3 rings (SSSR count). The first-order chi connectivity index (χ1) is 7.34. The van der Waals surface area contributed by atoms with Crippen molar-refractivity contribution >= 4 is 5.69 Å². The fourth-order valence-electron chi connectivity index (χ4n) is 1.79. The zero-order valence-corrected chi connectivity index (χ0v) is 8.31. The van der Waals surface area contributed by atoms with Crippen molar-refractivity contribution in [3.8, 4) is 11.3 Å². The van der Waals surface area contributed by atoms with Gasteiger partial charge in [-0.05, 0) is 24.3 Å². The standard InChI is InChI=1S/C12H12N2O/c13-11-7-14-15-12(11)10-5-3-9(4-6-10)8-1-2-8/h3-8H,1-2,13H2. The predicted molar refractivity (Wildman–Crippen MR) is 58.3 cm³/mol. The van der Waals surface area contributed by atoms with E-state index in [-0.39, 0.29) is 0 Å². The molecule has 0 aliphatic heterocycles. The number of benzene rings is 1. The first-order valence-corrected chi connectivity index (χ1v) is 5.15. The fourth-order valence-corrected chi connectivity index (χ4v) is 1.79. The molecule has 0 radical (unpaired) electrons. The second kappa shape index (κ2) is 3.12. The molecule has 15 heavy (non-hydrogen) atoms. The van der Waals surface area contributed by atoms with E-state index in [0.717, 1.165) is 11.5 Å². The lowest BCUT2D eigenvalue weighted by atomic mass is 10.1. The van der Waals surface area contributed by atoms with Crippen LogP contribution in [0.2, 0.25) is 0 Å². The first kappa shape index (κ1) is 8.53. The predicted octanol–water partition coefficient (Wildman–Crippen LogP) is 2.80. The average molecular weight is 200 g/mol. The monoisotopic (exact) mass is 200 g/mol. The minimum Gasteiger partial charge on any atom is -0.394 e. The minimum atomic E-state index is 0.592. The van der Waals surface area contributed by atoms with Gasteiger partial charge in [0.1, 0.15) is 5.69 Å². The van der Waals surface area contributed by atoms with Gasteiger partial charge in [-0.1, -0.05) is 29.4 Å². The van der Waals surface area contributed by atoms with Crippen molar-refractivity contribution in [2.45, 2.75) is 18.8 Å². The Morgan fingerprint density at radius 2 is 1.93 bits per heavy atom. The third-order valence-corrected chi connectivity index (χ3v) is 2.82. The van der Waals surface area contributed by atoms with Gasteiger partial charge in [0, 0.05) is 5.56 Å². The van der Waals surface area contributed by atoms with Crippen LogP contribution in [0.4, 0.5) is 5.69 Å². The second-order valence-corrected chi connectivity index (χ2v) is 4.01. The van der Waals surface area contributed by atoms with Gasteiger partial charge in [-0.15, -0.1) is 0 Å². The highest BCUT2D eigenvalue weighted by molar-refractivity contribution is 5.70. The fraction of sp³-hybridized carbons (Fsp3) is 0.250. The largest absolute Gasteiger partial charge is 0.394 e. The van der Waals surface area contributed by atoms with Gasteiger partial charge in [0.25, 0.3) is 0 Å². The minimum absolute atomic E-state index is 0.592. The van der Waals surface area contributed by atoms with E-state index in [1.165, 1.54) is 24.6 Å². The molecule has 1 aliphatic rings. The summed E-state index contributed by atoms with van der Waals surface area (Å²) in [6, 6.07) is 8.39. The van der Waals surface area contributed by atoms with Crippen LogP contribution in [0.15, 0.2) is 35.0 Å². The molecule has 2 aromatic rings. The Kier molecular flexibility index (Phi) is 1.78. The summed E-state index contributed by atoms with van der Waals surface area (Å²) in [6.07, 6.45) is 4.18. The van der Waals surface area contributed by atoms with Gasteiger partial charge in [0.05, 0.1) is 6.20 Å². The summed E-state index contributed by atoms with van der Waals surface area (Å²) < 4.78 is 5.09. The smallest absolute Gasteiger partial charge is 0.189 e. The molecular weight excluding hydrogens is 188 g/mol. The third kappa shape index (κ3) is 1.50. The summed E-state index contributed by atoms with van der Waals surface area (Å²) in [6.45, 7) is 0. The number of hydrogen-bond acceptors (Lipinski definition) is 3. The molecule has 1 aliphatic carbocycles. The maximum Gasteiger partial charge on any atom is 0.189 e. The molecule has 0 saturated heterocycles. The number of rotatable bonds is 2. The SMILES string of the molecule is Nc1cnoc1-c1ccc(C2CC2)cc1. The van der Waals surface area contributed by atoms with E-state index in [9.17, 15) is 0 Å². The highest BCUT2D eigenvalue weighted by Gasteiger charge is 2.23. The number of hydrogen-bond donors (Lipinski definition) is 1. The van der Waals surface area contributed by atoms with Gasteiger partial charge in [-0.3, -0.25) is 0 Å². The zero-order chi connectivity index (χ0) is 10.3. The molecule has 76 valence electrons. The molecule has 1 aromatic carbocycles. The molecule has 1 saturated carbocycles. The van der Waals surface area contributed by atoms with Crippen molar-refractivity contribution in [2.75, 3.05) is 5.73 Å². The van der Waals surface area contributed by atoms with Crippen molar-refractivity contribution in [2.24, 2.45) is 0 Å². The number of nitrogen functional groups attached to an aromatic ring is 1. The van der Waals surface area contributed by atoms with Crippen LogP contribution in [0, 0.1) is 0 Å². The summed E-state index contributed by atoms with van der Waals surface area (Å²) >= 11 is 0. The second-order valence-electron chi connectivity index (χ2n) is 4.01. The summed E-state index contributed by atoms with van der Waals surface area (Å²) in [7, 11) is 0. The maximum atomic E-state index is 5.73.